The summed E-state index contributed by atoms with van der Waals surface area (Å²) >= 11 is 5.93. The second kappa shape index (κ2) is 8.03. The van der Waals surface area contributed by atoms with E-state index in [1.165, 1.54) is 0 Å². The van der Waals surface area contributed by atoms with Crippen molar-refractivity contribution in [3.63, 3.8) is 0 Å². The van der Waals surface area contributed by atoms with Crippen LogP contribution in [0.25, 0.3) is 0 Å². The number of piperidine rings is 1. The van der Waals surface area contributed by atoms with Gasteiger partial charge in [-0.1, -0.05) is 11.6 Å². The van der Waals surface area contributed by atoms with Crippen LogP contribution in [0.15, 0.2) is 17.3 Å². The molecule has 0 amide bonds. The molecule has 0 spiro atoms. The highest BCUT2D eigenvalue weighted by Crippen LogP contribution is 2.48. The van der Waals surface area contributed by atoms with E-state index in [0.29, 0.717) is 17.9 Å². The Hall–Kier alpha value is -1.98. The summed E-state index contributed by atoms with van der Waals surface area (Å²) in [5.74, 6) is -2.75. The molecular formula is C22H25ClF2N6O2S. The van der Waals surface area contributed by atoms with Crippen molar-refractivity contribution in [3.8, 4) is 0 Å². The van der Waals surface area contributed by atoms with Crippen molar-refractivity contribution in [2.24, 2.45) is 0 Å². The summed E-state index contributed by atoms with van der Waals surface area (Å²) in [7, 11) is -1.91. The number of nitrogens with zero attached hydrogens (tertiary/aromatic N) is 5. The van der Waals surface area contributed by atoms with E-state index in [4.69, 9.17) is 11.6 Å². The molecule has 5 heterocycles. The van der Waals surface area contributed by atoms with Gasteiger partial charge in [0.15, 0.2) is 0 Å². The largest absolute Gasteiger partial charge is 0.394 e. The highest BCUT2D eigenvalue weighted by Gasteiger charge is 2.51. The molecule has 0 radical (unpaired) electrons. The summed E-state index contributed by atoms with van der Waals surface area (Å²) in [6.45, 7) is -0.137. The van der Waals surface area contributed by atoms with E-state index in [1.807, 2.05) is 0 Å². The first-order valence-corrected chi connectivity index (χ1v) is 13.3. The number of nitrogens with one attached hydrogen (secondary N) is 1. The molecule has 3 aliphatic heterocycles. The number of aliphatic hydroxyl groups is 1. The minimum absolute atomic E-state index is 0.0229. The maximum absolute atomic E-state index is 14.8. The Morgan fingerprint density at radius 2 is 1.85 bits per heavy atom. The van der Waals surface area contributed by atoms with Crippen molar-refractivity contribution in [1.29, 1.82) is 0 Å². The van der Waals surface area contributed by atoms with Crippen LogP contribution in [0.1, 0.15) is 62.4 Å². The van der Waals surface area contributed by atoms with Crippen molar-refractivity contribution in [2.75, 3.05) is 22.6 Å². The average molecular weight is 511 g/mol. The molecule has 34 heavy (non-hydrogen) atoms. The summed E-state index contributed by atoms with van der Waals surface area (Å²) in [5.41, 5.74) is -1.06. The monoisotopic (exact) mass is 510 g/mol. The van der Waals surface area contributed by atoms with Gasteiger partial charge in [0.25, 0.3) is 0 Å². The van der Waals surface area contributed by atoms with Gasteiger partial charge in [-0.3, -0.25) is 4.21 Å². The highest BCUT2D eigenvalue weighted by atomic mass is 35.5. The summed E-state index contributed by atoms with van der Waals surface area (Å²) in [6, 6.07) is 0.148. The van der Waals surface area contributed by atoms with E-state index >= 15 is 0 Å². The Morgan fingerprint density at radius 1 is 1.18 bits per heavy atom. The molecule has 2 aromatic rings. The lowest BCUT2D eigenvalue weighted by Gasteiger charge is -2.42. The number of aromatic nitrogens is 4. The molecule has 2 bridgehead atoms. The van der Waals surface area contributed by atoms with Crippen LogP contribution >= 0.6 is 11.6 Å². The van der Waals surface area contributed by atoms with Gasteiger partial charge in [-0.25, -0.2) is 15.0 Å². The Morgan fingerprint density at radius 3 is 2.44 bits per heavy atom. The van der Waals surface area contributed by atoms with Gasteiger partial charge in [0.05, 0.1) is 33.7 Å². The highest BCUT2D eigenvalue weighted by molar-refractivity contribution is 7.85. The van der Waals surface area contributed by atoms with Crippen molar-refractivity contribution in [1.82, 2.24) is 19.9 Å². The molecule has 2 unspecified atom stereocenters. The van der Waals surface area contributed by atoms with E-state index in [2.05, 4.69) is 30.2 Å². The molecule has 12 heteroatoms. The van der Waals surface area contributed by atoms with E-state index < -0.39 is 33.7 Å². The van der Waals surface area contributed by atoms with Crippen LogP contribution < -0.4 is 10.2 Å². The van der Waals surface area contributed by atoms with Crippen molar-refractivity contribution < 1.29 is 18.1 Å². The molecule has 2 aromatic heterocycles. The number of hydrogen-bond acceptors (Lipinski definition) is 8. The zero-order chi connectivity index (χ0) is 23.7. The maximum Gasteiger partial charge on any atom is 0.302 e. The molecule has 3 fully saturated rings. The van der Waals surface area contributed by atoms with Crippen LogP contribution in [-0.4, -0.2) is 59.2 Å². The fraction of sp³-hybridized carbons (Fsp3) is 0.636. The minimum Gasteiger partial charge on any atom is -0.394 e. The third-order valence-electron chi connectivity index (χ3n) is 7.71. The number of rotatable bonds is 5. The first-order valence-electron chi connectivity index (χ1n) is 11.6. The topological polar surface area (TPSA) is 104 Å². The first kappa shape index (κ1) is 22.5. The van der Waals surface area contributed by atoms with Gasteiger partial charge >= 0.3 is 5.92 Å². The molecule has 182 valence electrons. The van der Waals surface area contributed by atoms with E-state index in [1.54, 1.807) is 12.4 Å². The standard InChI is InChI=1S/C22H25ClF2N6O2S/c23-13-8-26-18(27-9-13)12-6-14-2-3-15(7-12)31(14)20-28-17-16(34(33)11-22(17,24)25)19(29-20)30-21(10-32)4-1-5-21/h8-9,12,14-15,32H,1-7,10-11H2,(H,28,29,30)/t12?,14?,15?,34-/m1/s1. The summed E-state index contributed by atoms with van der Waals surface area (Å²) in [4.78, 5) is 19.8. The Labute approximate surface area is 203 Å². The number of aliphatic hydroxyl groups excluding tert-OH is 1. The van der Waals surface area contributed by atoms with Crippen LogP contribution in [0.2, 0.25) is 5.02 Å². The lowest BCUT2D eigenvalue weighted by Crippen LogP contribution is -2.49. The minimum atomic E-state index is -3.28. The molecule has 1 aliphatic carbocycles. The number of alkyl halides is 2. The fourth-order valence-corrected chi connectivity index (χ4v) is 7.26. The molecule has 2 N–H and O–H groups in total. The Kier molecular flexibility index (Phi) is 5.31. The molecule has 4 aliphatic rings. The van der Waals surface area contributed by atoms with Gasteiger partial charge in [-0.15, -0.1) is 0 Å². The Bertz CT molecular complexity index is 1130. The van der Waals surface area contributed by atoms with Crippen LogP contribution in [0.3, 0.4) is 0 Å². The third-order valence-corrected chi connectivity index (χ3v) is 9.37. The number of halogens is 3. The number of hydrogen-bond donors (Lipinski definition) is 2. The second-order valence-electron chi connectivity index (χ2n) is 9.88. The van der Waals surface area contributed by atoms with E-state index in [9.17, 15) is 18.1 Å². The van der Waals surface area contributed by atoms with Gasteiger partial charge in [0.1, 0.15) is 22.2 Å². The lowest BCUT2D eigenvalue weighted by atomic mass is 9.77. The Balaban J connectivity index is 1.36. The molecule has 6 rings (SSSR count). The van der Waals surface area contributed by atoms with E-state index in [-0.39, 0.29) is 41.3 Å². The average Bonchev–Trinajstić information content (AvgIpc) is 3.18. The normalized spacial score (nSPS) is 30.6. The zero-order valence-corrected chi connectivity index (χ0v) is 20.0. The molecule has 2 saturated heterocycles. The predicted molar refractivity (Wildman–Crippen MR) is 123 cm³/mol. The third kappa shape index (κ3) is 3.58. The van der Waals surface area contributed by atoms with Crippen LogP contribution in [-0.2, 0) is 16.7 Å². The SMILES string of the molecule is O=[S@@]1CC(F)(F)c2nc(N3C4CCC3CC(c3ncc(Cl)cn3)C4)nc(NC3(CO)CCC3)c21. The second-order valence-corrected chi connectivity index (χ2v) is 11.7. The quantitative estimate of drug-likeness (QED) is 0.631. The van der Waals surface area contributed by atoms with E-state index in [0.717, 1.165) is 37.9 Å². The number of anilines is 2. The van der Waals surface area contributed by atoms with Crippen molar-refractivity contribution in [3.05, 3.63) is 28.9 Å². The predicted octanol–water partition coefficient (Wildman–Crippen LogP) is 3.37. The van der Waals surface area contributed by atoms with Gasteiger partial charge in [-0.2, -0.15) is 13.8 Å². The lowest BCUT2D eigenvalue weighted by molar-refractivity contribution is 0.0191. The smallest absolute Gasteiger partial charge is 0.302 e. The molecule has 1 saturated carbocycles. The summed E-state index contributed by atoms with van der Waals surface area (Å²) < 4.78 is 42.3. The van der Waals surface area contributed by atoms with Crippen LogP contribution in [0, 0.1) is 0 Å². The van der Waals surface area contributed by atoms with Gasteiger partial charge < -0.3 is 15.3 Å². The van der Waals surface area contributed by atoms with Crippen LogP contribution in [0.5, 0.6) is 0 Å². The molecular weight excluding hydrogens is 486 g/mol. The molecule has 3 atom stereocenters. The van der Waals surface area contributed by atoms with Gasteiger partial charge in [-0.05, 0) is 44.9 Å². The molecule has 0 aromatic carbocycles. The zero-order valence-electron chi connectivity index (χ0n) is 18.4. The summed E-state index contributed by atoms with van der Waals surface area (Å²) in [6.07, 6.45) is 8.88. The fourth-order valence-electron chi connectivity index (χ4n) is 5.83. The van der Waals surface area contributed by atoms with Crippen LogP contribution in [0.4, 0.5) is 20.5 Å². The van der Waals surface area contributed by atoms with Crippen molar-refractivity contribution in [2.45, 2.75) is 79.3 Å². The number of fused-ring (bicyclic) bond motifs is 3. The maximum atomic E-state index is 14.8. The molecule has 8 nitrogen and oxygen atoms in total. The van der Waals surface area contributed by atoms with Gasteiger partial charge in [0, 0.05) is 30.4 Å². The first-order chi connectivity index (χ1) is 16.3. The van der Waals surface area contributed by atoms with Gasteiger partial charge in [0.2, 0.25) is 5.95 Å². The summed E-state index contributed by atoms with van der Waals surface area (Å²) in [5, 5.41) is 13.6. The van der Waals surface area contributed by atoms with Crippen molar-refractivity contribution >= 4 is 34.2 Å².